The third-order valence-electron chi connectivity index (χ3n) is 4.65. The number of rotatable bonds is 7. The van der Waals surface area contributed by atoms with Crippen LogP contribution in [0.5, 0.6) is 17.2 Å². The van der Waals surface area contributed by atoms with Gasteiger partial charge in [-0.3, -0.25) is 9.59 Å². The van der Waals surface area contributed by atoms with Crippen LogP contribution in [0.15, 0.2) is 66.7 Å². The molecule has 0 aliphatic rings. The summed E-state index contributed by atoms with van der Waals surface area (Å²) < 4.78 is 84.7. The molecule has 0 atom stereocenters. The summed E-state index contributed by atoms with van der Waals surface area (Å²) >= 11 is 0. The second kappa shape index (κ2) is 10.0. The number of hydrogen-bond acceptors (Lipinski definition) is 4. The fourth-order valence-electron chi connectivity index (χ4n) is 3.09. The molecule has 0 radical (unpaired) electrons. The summed E-state index contributed by atoms with van der Waals surface area (Å²) in [5, 5.41) is 0. The maximum Gasteiger partial charge on any atom is 0.573 e. The normalized spacial score (nSPS) is 12.2. The Hall–Kier alpha value is -4.48. The summed E-state index contributed by atoms with van der Waals surface area (Å²) in [5.74, 6) is -2.35. The summed E-state index contributed by atoms with van der Waals surface area (Å²) in [5.41, 5.74) is 9.81. The molecular weight excluding hydrogens is 494 g/mol. The fraction of sp³-hybridized carbons (Fsp3) is 0.0833. The lowest BCUT2D eigenvalue weighted by Gasteiger charge is -2.13. The molecule has 36 heavy (non-hydrogen) atoms. The van der Waals surface area contributed by atoms with Gasteiger partial charge in [0.25, 0.3) is 0 Å². The van der Waals surface area contributed by atoms with Crippen molar-refractivity contribution in [2.24, 2.45) is 11.5 Å². The van der Waals surface area contributed by atoms with Crippen molar-refractivity contribution >= 4 is 23.5 Å². The number of primary amides is 2. The molecule has 0 bridgehead atoms. The highest BCUT2D eigenvalue weighted by molar-refractivity contribution is 6.25. The van der Waals surface area contributed by atoms with Crippen molar-refractivity contribution in [3.63, 3.8) is 0 Å². The molecule has 0 saturated carbocycles. The second-order valence-corrected chi connectivity index (χ2v) is 7.23. The molecule has 188 valence electrons. The fourth-order valence-corrected chi connectivity index (χ4v) is 3.09. The smallest absolute Gasteiger partial charge is 0.457 e. The Balaban J connectivity index is 1.98. The monoisotopic (exact) mass is 510 g/mol. The molecule has 3 aromatic rings. The van der Waals surface area contributed by atoms with Crippen LogP contribution in [0.1, 0.15) is 27.0 Å². The molecule has 0 unspecified atom stereocenters. The Morgan fingerprint density at radius 1 is 0.722 bits per heavy atom. The van der Waals surface area contributed by atoms with Gasteiger partial charge in [0.2, 0.25) is 11.8 Å². The third kappa shape index (κ3) is 6.78. The number of carbonyl (C=O) groups is 2. The lowest BCUT2D eigenvalue weighted by atomic mass is 9.96. The molecule has 0 aromatic heterocycles. The van der Waals surface area contributed by atoms with Gasteiger partial charge >= 0.3 is 12.5 Å². The minimum absolute atomic E-state index is 0.0330. The van der Waals surface area contributed by atoms with E-state index in [2.05, 4.69) is 4.74 Å². The summed E-state index contributed by atoms with van der Waals surface area (Å²) in [4.78, 5) is 24.2. The maximum atomic E-state index is 12.8. The number of nitrogens with two attached hydrogens (primary N) is 2. The van der Waals surface area contributed by atoms with Gasteiger partial charge in [-0.2, -0.15) is 13.2 Å². The second-order valence-electron chi connectivity index (χ2n) is 7.23. The molecule has 12 heteroatoms. The van der Waals surface area contributed by atoms with Crippen molar-refractivity contribution in [2.75, 3.05) is 0 Å². The summed E-state index contributed by atoms with van der Waals surface area (Å²) in [7, 11) is 0. The highest BCUT2D eigenvalue weighted by Crippen LogP contribution is 2.33. The van der Waals surface area contributed by atoms with Crippen LogP contribution in [0.3, 0.4) is 0 Å². The largest absolute Gasteiger partial charge is 0.573 e. The van der Waals surface area contributed by atoms with Crippen LogP contribution in [-0.2, 0) is 11.0 Å². The lowest BCUT2D eigenvalue weighted by Crippen LogP contribution is -2.18. The summed E-state index contributed by atoms with van der Waals surface area (Å²) in [6.07, 6.45) is -8.21. The highest BCUT2D eigenvalue weighted by Gasteiger charge is 2.31. The van der Waals surface area contributed by atoms with E-state index in [0.29, 0.717) is 0 Å². The number of hydrogen-bond donors (Lipinski definition) is 2. The first kappa shape index (κ1) is 26.1. The third-order valence-corrected chi connectivity index (χ3v) is 4.65. The SMILES string of the molecule is NC(=O)/C(=C\c1ccc(OC(F)(F)F)cc1)c1cc(Oc2ccc(C(F)(F)F)cc2)ccc1C(N)=O. The first-order chi connectivity index (χ1) is 16.7. The van der Waals surface area contributed by atoms with Crippen molar-refractivity contribution in [3.05, 3.63) is 89.0 Å². The van der Waals surface area contributed by atoms with Crippen LogP contribution in [0.2, 0.25) is 0 Å². The molecule has 6 nitrogen and oxygen atoms in total. The lowest BCUT2D eigenvalue weighted by molar-refractivity contribution is -0.274. The predicted molar refractivity (Wildman–Crippen MR) is 117 cm³/mol. The van der Waals surface area contributed by atoms with Gasteiger partial charge in [-0.25, -0.2) is 0 Å². The molecule has 4 N–H and O–H groups in total. The van der Waals surface area contributed by atoms with Gasteiger partial charge < -0.3 is 20.9 Å². The van der Waals surface area contributed by atoms with Crippen molar-refractivity contribution in [2.45, 2.75) is 12.5 Å². The molecule has 3 rings (SSSR count). The summed E-state index contributed by atoms with van der Waals surface area (Å²) in [6.45, 7) is 0. The van der Waals surface area contributed by atoms with E-state index in [0.717, 1.165) is 36.4 Å². The molecular formula is C24H16F6N2O4. The van der Waals surface area contributed by atoms with Crippen LogP contribution in [0.25, 0.3) is 11.6 Å². The number of ether oxygens (including phenoxy) is 2. The average molecular weight is 510 g/mol. The van der Waals surface area contributed by atoms with Crippen molar-refractivity contribution < 1.29 is 45.4 Å². The van der Waals surface area contributed by atoms with Crippen LogP contribution in [-0.4, -0.2) is 18.2 Å². The first-order valence-corrected chi connectivity index (χ1v) is 9.89. The van der Waals surface area contributed by atoms with E-state index >= 15 is 0 Å². The van der Waals surface area contributed by atoms with E-state index in [1.54, 1.807) is 0 Å². The zero-order valence-corrected chi connectivity index (χ0v) is 18.0. The quantitative estimate of drug-likeness (QED) is 0.248. The average Bonchev–Trinajstić information content (AvgIpc) is 2.77. The van der Waals surface area contributed by atoms with E-state index in [1.807, 2.05) is 0 Å². The molecule has 0 heterocycles. The Morgan fingerprint density at radius 2 is 1.28 bits per heavy atom. The number of amides is 2. The van der Waals surface area contributed by atoms with Gasteiger partial charge in [-0.15, -0.1) is 13.2 Å². The van der Waals surface area contributed by atoms with Gasteiger partial charge in [0.05, 0.1) is 5.56 Å². The number of alkyl halides is 6. The topological polar surface area (TPSA) is 105 Å². The van der Waals surface area contributed by atoms with Gasteiger partial charge in [0.15, 0.2) is 0 Å². The summed E-state index contributed by atoms with van der Waals surface area (Å²) in [6, 6.07) is 12.0. The van der Waals surface area contributed by atoms with E-state index in [-0.39, 0.29) is 33.8 Å². The van der Waals surface area contributed by atoms with Gasteiger partial charge in [0, 0.05) is 16.7 Å². The van der Waals surface area contributed by atoms with Gasteiger partial charge in [-0.05, 0) is 66.2 Å². The van der Waals surface area contributed by atoms with Crippen LogP contribution in [0.4, 0.5) is 26.3 Å². The minimum Gasteiger partial charge on any atom is -0.457 e. The van der Waals surface area contributed by atoms with Crippen LogP contribution >= 0.6 is 0 Å². The molecule has 2 amide bonds. The maximum absolute atomic E-state index is 12.8. The molecule has 3 aromatic carbocycles. The van der Waals surface area contributed by atoms with E-state index < -0.39 is 35.7 Å². The molecule has 0 spiro atoms. The molecule has 0 saturated heterocycles. The Bertz CT molecular complexity index is 1300. The van der Waals surface area contributed by atoms with E-state index in [1.165, 1.54) is 36.4 Å². The van der Waals surface area contributed by atoms with Gasteiger partial charge in [0.1, 0.15) is 17.2 Å². The zero-order valence-electron chi connectivity index (χ0n) is 18.0. The molecule has 0 aliphatic heterocycles. The molecule has 0 fully saturated rings. The van der Waals surface area contributed by atoms with Crippen LogP contribution in [0, 0.1) is 0 Å². The van der Waals surface area contributed by atoms with E-state index in [4.69, 9.17) is 16.2 Å². The number of carbonyl (C=O) groups excluding carboxylic acids is 2. The Morgan fingerprint density at radius 3 is 1.78 bits per heavy atom. The van der Waals surface area contributed by atoms with Gasteiger partial charge in [-0.1, -0.05) is 12.1 Å². The minimum atomic E-state index is -4.89. The Labute approximate surface area is 199 Å². The zero-order chi connectivity index (χ0) is 26.7. The first-order valence-electron chi connectivity index (χ1n) is 9.89. The number of halogens is 6. The standard InChI is InChI=1S/C24H16F6N2O4/c25-23(26,27)14-3-7-15(8-4-14)35-17-9-10-18(21(31)33)19(12-17)20(22(32)34)11-13-1-5-16(6-2-13)36-24(28,29)30/h1-12H,(H2,31,33)(H2,32,34)/b20-11-. The van der Waals surface area contributed by atoms with Crippen LogP contribution < -0.4 is 20.9 Å². The van der Waals surface area contributed by atoms with Crippen molar-refractivity contribution in [3.8, 4) is 17.2 Å². The van der Waals surface area contributed by atoms with E-state index in [9.17, 15) is 35.9 Å². The van der Waals surface area contributed by atoms with Crippen molar-refractivity contribution in [1.29, 1.82) is 0 Å². The Kier molecular flexibility index (Phi) is 7.27. The predicted octanol–water partition coefficient (Wildman–Crippen LogP) is 5.52. The van der Waals surface area contributed by atoms with Crippen molar-refractivity contribution in [1.82, 2.24) is 0 Å². The molecule has 0 aliphatic carbocycles. The highest BCUT2D eigenvalue weighted by atomic mass is 19.4. The number of benzene rings is 3.